The van der Waals surface area contributed by atoms with Crippen LogP contribution in [-0.4, -0.2) is 30.1 Å². The van der Waals surface area contributed by atoms with Crippen molar-refractivity contribution < 1.29 is 14.1 Å². The van der Waals surface area contributed by atoms with Crippen LogP contribution in [0.2, 0.25) is 0 Å². The molecule has 0 aliphatic heterocycles. The number of hydrogen-bond acceptors (Lipinski definition) is 5. The fraction of sp³-hybridized carbons (Fsp3) is 0.312. The van der Waals surface area contributed by atoms with Gasteiger partial charge < -0.3 is 9.42 Å². The highest BCUT2D eigenvalue weighted by molar-refractivity contribution is 5.98. The molecule has 1 aromatic heterocycles. The van der Waals surface area contributed by atoms with E-state index in [1.165, 1.54) is 6.07 Å². The van der Waals surface area contributed by atoms with E-state index >= 15 is 0 Å². The van der Waals surface area contributed by atoms with Crippen molar-refractivity contribution in [3.63, 3.8) is 0 Å². The van der Waals surface area contributed by atoms with E-state index in [1.54, 1.807) is 19.1 Å². The first-order valence-electron chi connectivity index (χ1n) is 7.44. The number of amides is 2. The lowest BCUT2D eigenvalue weighted by Gasteiger charge is -2.21. The quantitative estimate of drug-likeness (QED) is 0.823. The first-order valence-corrected chi connectivity index (χ1v) is 7.44. The predicted octanol–water partition coefficient (Wildman–Crippen LogP) is 1.90. The van der Waals surface area contributed by atoms with E-state index < -0.39 is 11.8 Å². The second kappa shape index (κ2) is 7.44. The van der Waals surface area contributed by atoms with Gasteiger partial charge in [-0.1, -0.05) is 5.16 Å². The molecule has 0 saturated carbocycles. The number of benzene rings is 1. The molecule has 2 N–H and O–H groups in total. The number of carbonyl (C=O) groups excluding carboxylic acids is 2. The summed E-state index contributed by atoms with van der Waals surface area (Å²) < 4.78 is 4.81. The summed E-state index contributed by atoms with van der Waals surface area (Å²) in [7, 11) is 0. The van der Waals surface area contributed by atoms with Crippen molar-refractivity contribution in [3.8, 4) is 0 Å². The first kappa shape index (κ1) is 16.5. The molecule has 1 heterocycles. The van der Waals surface area contributed by atoms with Gasteiger partial charge in [0.05, 0.1) is 5.69 Å². The van der Waals surface area contributed by atoms with Gasteiger partial charge in [0.2, 0.25) is 5.76 Å². The Morgan fingerprint density at radius 2 is 1.70 bits per heavy atom. The average Bonchev–Trinajstić information content (AvgIpc) is 3.00. The van der Waals surface area contributed by atoms with Crippen molar-refractivity contribution in [3.05, 3.63) is 47.3 Å². The molecule has 0 atom stereocenters. The number of carbonyl (C=O) groups is 2. The van der Waals surface area contributed by atoms with Crippen LogP contribution in [-0.2, 0) is 0 Å². The lowest BCUT2D eigenvalue weighted by atomic mass is 10.2. The van der Waals surface area contributed by atoms with E-state index in [4.69, 9.17) is 4.52 Å². The number of hydrogen-bond donors (Lipinski definition) is 2. The molecule has 0 fully saturated rings. The molecule has 2 amide bonds. The number of rotatable bonds is 5. The molecule has 0 radical (unpaired) electrons. The van der Waals surface area contributed by atoms with E-state index in [0.717, 1.165) is 18.8 Å². The van der Waals surface area contributed by atoms with Gasteiger partial charge in [0.1, 0.15) is 0 Å². The Morgan fingerprint density at radius 1 is 1.09 bits per heavy atom. The predicted molar refractivity (Wildman–Crippen MR) is 86.2 cm³/mol. The van der Waals surface area contributed by atoms with E-state index in [-0.39, 0.29) is 5.76 Å². The minimum atomic E-state index is -0.557. The Bertz CT molecular complexity index is 675. The molecule has 7 heteroatoms. The molecule has 23 heavy (non-hydrogen) atoms. The van der Waals surface area contributed by atoms with Gasteiger partial charge in [0, 0.05) is 30.4 Å². The third-order valence-corrected chi connectivity index (χ3v) is 3.40. The molecule has 0 aliphatic carbocycles. The third kappa shape index (κ3) is 4.09. The number of nitrogens with zero attached hydrogens (tertiary/aromatic N) is 2. The van der Waals surface area contributed by atoms with Gasteiger partial charge in [0.25, 0.3) is 5.91 Å². The lowest BCUT2D eigenvalue weighted by Crippen LogP contribution is -2.41. The van der Waals surface area contributed by atoms with E-state index in [1.807, 2.05) is 12.1 Å². The maximum atomic E-state index is 12.0. The van der Waals surface area contributed by atoms with Crippen molar-refractivity contribution in [2.45, 2.75) is 20.8 Å². The Morgan fingerprint density at radius 3 is 2.22 bits per heavy atom. The summed E-state index contributed by atoms with van der Waals surface area (Å²) in [6.07, 6.45) is 0. The van der Waals surface area contributed by atoms with Crippen molar-refractivity contribution in [2.75, 3.05) is 18.0 Å². The van der Waals surface area contributed by atoms with Gasteiger partial charge in [-0.3, -0.25) is 20.4 Å². The Hall–Kier alpha value is -2.83. The molecule has 1 aromatic carbocycles. The van der Waals surface area contributed by atoms with E-state index in [9.17, 15) is 9.59 Å². The molecular weight excluding hydrogens is 296 g/mol. The highest BCUT2D eigenvalue weighted by Crippen LogP contribution is 2.14. The maximum Gasteiger partial charge on any atom is 0.308 e. The van der Waals surface area contributed by atoms with Crippen LogP contribution in [0.15, 0.2) is 34.9 Å². The zero-order chi connectivity index (χ0) is 16.8. The molecule has 0 aliphatic rings. The molecule has 122 valence electrons. The van der Waals surface area contributed by atoms with Gasteiger partial charge in [0.15, 0.2) is 0 Å². The van der Waals surface area contributed by atoms with Crippen LogP contribution in [0.5, 0.6) is 0 Å². The highest BCUT2D eigenvalue weighted by Gasteiger charge is 2.13. The van der Waals surface area contributed by atoms with Crippen LogP contribution in [0.3, 0.4) is 0 Å². The summed E-state index contributed by atoms with van der Waals surface area (Å²) in [5, 5.41) is 3.61. The SMILES string of the molecule is CCN(CC)c1ccc(C(=O)NNC(=O)c2cc(C)no2)cc1. The Labute approximate surface area is 134 Å². The average molecular weight is 316 g/mol. The summed E-state index contributed by atoms with van der Waals surface area (Å²) in [6.45, 7) is 7.65. The standard InChI is InChI=1S/C16H20N4O3/c1-4-20(5-2)13-8-6-12(7-9-13)15(21)17-18-16(22)14-10-11(3)19-23-14/h6-10H,4-5H2,1-3H3,(H,17,21)(H,18,22). The van der Waals surface area contributed by atoms with Gasteiger partial charge in [-0.2, -0.15) is 0 Å². The highest BCUT2D eigenvalue weighted by atomic mass is 16.5. The van der Waals surface area contributed by atoms with Crippen molar-refractivity contribution in [2.24, 2.45) is 0 Å². The summed E-state index contributed by atoms with van der Waals surface area (Å²) in [5.74, 6) is -0.918. The molecule has 2 rings (SSSR count). The van der Waals surface area contributed by atoms with Crippen molar-refractivity contribution in [1.29, 1.82) is 0 Å². The topological polar surface area (TPSA) is 87.5 Å². The molecule has 0 unspecified atom stereocenters. The zero-order valence-electron chi connectivity index (χ0n) is 13.4. The van der Waals surface area contributed by atoms with Crippen molar-refractivity contribution in [1.82, 2.24) is 16.0 Å². The number of aromatic nitrogens is 1. The normalized spacial score (nSPS) is 10.2. The first-order chi connectivity index (χ1) is 11.0. The second-order valence-corrected chi connectivity index (χ2v) is 4.96. The molecular formula is C16H20N4O3. The minimum Gasteiger partial charge on any atom is -0.372 e. The molecule has 7 nitrogen and oxygen atoms in total. The number of anilines is 1. The monoisotopic (exact) mass is 316 g/mol. The van der Waals surface area contributed by atoms with Gasteiger partial charge in [-0.25, -0.2) is 0 Å². The van der Waals surface area contributed by atoms with Crippen LogP contribution >= 0.6 is 0 Å². The van der Waals surface area contributed by atoms with Gasteiger partial charge >= 0.3 is 5.91 Å². The fourth-order valence-corrected chi connectivity index (χ4v) is 2.13. The van der Waals surface area contributed by atoms with Crippen LogP contribution in [0.25, 0.3) is 0 Å². The number of aryl methyl sites for hydroxylation is 1. The van der Waals surface area contributed by atoms with E-state index in [2.05, 4.69) is 34.8 Å². The third-order valence-electron chi connectivity index (χ3n) is 3.40. The van der Waals surface area contributed by atoms with Crippen LogP contribution in [0.4, 0.5) is 5.69 Å². The summed E-state index contributed by atoms with van der Waals surface area (Å²) in [5.41, 5.74) is 6.72. The van der Waals surface area contributed by atoms with Gasteiger partial charge in [-0.05, 0) is 45.0 Å². The van der Waals surface area contributed by atoms with Gasteiger partial charge in [-0.15, -0.1) is 0 Å². The smallest absolute Gasteiger partial charge is 0.308 e. The molecule has 2 aromatic rings. The number of hydrazine groups is 1. The van der Waals surface area contributed by atoms with Crippen molar-refractivity contribution >= 4 is 17.5 Å². The maximum absolute atomic E-state index is 12.0. The summed E-state index contributed by atoms with van der Waals surface area (Å²) >= 11 is 0. The lowest BCUT2D eigenvalue weighted by molar-refractivity contribution is 0.0825. The second-order valence-electron chi connectivity index (χ2n) is 4.96. The van der Waals surface area contributed by atoms with Crippen LogP contribution < -0.4 is 15.8 Å². The number of nitrogens with one attached hydrogen (secondary N) is 2. The Balaban J connectivity index is 1.94. The molecule has 0 bridgehead atoms. The largest absolute Gasteiger partial charge is 0.372 e. The molecule has 0 saturated heterocycles. The van der Waals surface area contributed by atoms with E-state index in [0.29, 0.717) is 11.3 Å². The Kier molecular flexibility index (Phi) is 5.35. The summed E-state index contributed by atoms with van der Waals surface area (Å²) in [6, 6.07) is 8.68. The van der Waals surface area contributed by atoms with Crippen LogP contribution in [0.1, 0.15) is 40.5 Å². The minimum absolute atomic E-state index is 0.0414. The fourth-order valence-electron chi connectivity index (χ4n) is 2.13. The zero-order valence-corrected chi connectivity index (χ0v) is 13.4. The molecule has 0 spiro atoms. The summed E-state index contributed by atoms with van der Waals surface area (Å²) in [4.78, 5) is 25.9. The van der Waals surface area contributed by atoms with Crippen LogP contribution in [0, 0.1) is 6.92 Å².